The van der Waals surface area contributed by atoms with Gasteiger partial charge in [0, 0.05) is 13.1 Å². The molecule has 0 radical (unpaired) electrons. The highest BCUT2D eigenvalue weighted by Gasteiger charge is 2.37. The Bertz CT molecular complexity index is 508. The molecule has 1 fully saturated rings. The molecule has 0 amide bonds. The Morgan fingerprint density at radius 2 is 1.94 bits per heavy atom. The molecule has 1 heterocycles. The average molecular weight is 268 g/mol. The predicted octanol–water partition coefficient (Wildman–Crippen LogP) is 1.68. The maximum absolute atomic E-state index is 12.2. The van der Waals surface area contributed by atoms with Crippen LogP contribution in [0.4, 0.5) is 5.69 Å². The summed E-state index contributed by atoms with van der Waals surface area (Å²) in [6.45, 7) is 4.96. The summed E-state index contributed by atoms with van der Waals surface area (Å²) in [5.41, 5.74) is 7.47. The van der Waals surface area contributed by atoms with Crippen molar-refractivity contribution in [3.63, 3.8) is 0 Å². The zero-order chi connectivity index (χ0) is 13.3. The number of hydrogen-bond acceptors (Lipinski definition) is 3. The molecule has 5 heteroatoms. The maximum Gasteiger partial charge on any atom is 0.239 e. The Kier molecular flexibility index (Phi) is 3.64. The van der Waals surface area contributed by atoms with E-state index in [1.807, 2.05) is 24.3 Å². The van der Waals surface area contributed by atoms with E-state index < -0.39 is 15.3 Å². The van der Waals surface area contributed by atoms with Gasteiger partial charge in [0.15, 0.2) is 0 Å². The number of nitrogens with two attached hydrogens (primary N) is 1. The van der Waals surface area contributed by atoms with Gasteiger partial charge >= 0.3 is 0 Å². The van der Waals surface area contributed by atoms with Crippen molar-refractivity contribution in [2.45, 2.75) is 31.4 Å². The molecule has 2 rings (SSSR count). The molecule has 0 spiro atoms. The zero-order valence-corrected chi connectivity index (χ0v) is 11.7. The van der Waals surface area contributed by atoms with Gasteiger partial charge in [-0.2, -0.15) is 0 Å². The number of nitrogens with zero attached hydrogens (tertiary/aromatic N) is 1. The third kappa shape index (κ3) is 2.24. The van der Waals surface area contributed by atoms with Gasteiger partial charge in [-0.05, 0) is 30.0 Å². The van der Waals surface area contributed by atoms with E-state index in [-0.39, 0.29) is 6.54 Å². The van der Waals surface area contributed by atoms with Crippen LogP contribution >= 0.6 is 0 Å². The van der Waals surface area contributed by atoms with Crippen molar-refractivity contribution < 1.29 is 8.42 Å². The molecule has 1 saturated heterocycles. The average Bonchev–Trinajstić information content (AvgIpc) is 2.64. The lowest BCUT2D eigenvalue weighted by molar-refractivity contribution is 0.588. The van der Waals surface area contributed by atoms with Crippen molar-refractivity contribution in [1.29, 1.82) is 0 Å². The summed E-state index contributed by atoms with van der Waals surface area (Å²) in [6, 6.07) is 7.74. The summed E-state index contributed by atoms with van der Waals surface area (Å²) in [7, 11) is -3.26. The van der Waals surface area contributed by atoms with Crippen molar-refractivity contribution in [2.24, 2.45) is 5.73 Å². The highest BCUT2D eigenvalue weighted by Crippen LogP contribution is 2.29. The van der Waals surface area contributed by atoms with Crippen LogP contribution in [0.3, 0.4) is 0 Å². The van der Waals surface area contributed by atoms with Crippen LogP contribution in [0.2, 0.25) is 0 Å². The molecular weight excluding hydrogens is 248 g/mol. The number of rotatable bonds is 3. The molecule has 0 bridgehead atoms. The molecule has 100 valence electrons. The van der Waals surface area contributed by atoms with Gasteiger partial charge in [0.05, 0.1) is 10.9 Å². The lowest BCUT2D eigenvalue weighted by atomic mass is 10.0. The standard InChI is InChI=1S/C13H20N2O2S/c1-10(2)11-3-5-12(6-4-11)15-8-7-13(9-14)18(15,16)17/h3-6,10,13H,7-9,14H2,1-2H3/t13-/m1/s1. The summed E-state index contributed by atoms with van der Waals surface area (Å²) >= 11 is 0. The van der Waals surface area contributed by atoms with E-state index in [4.69, 9.17) is 5.73 Å². The predicted molar refractivity (Wildman–Crippen MR) is 74.3 cm³/mol. The summed E-state index contributed by atoms with van der Waals surface area (Å²) in [4.78, 5) is 0. The van der Waals surface area contributed by atoms with Crippen LogP contribution in [-0.4, -0.2) is 26.8 Å². The first-order valence-electron chi connectivity index (χ1n) is 6.28. The topological polar surface area (TPSA) is 63.4 Å². The molecule has 1 aromatic rings. The molecule has 18 heavy (non-hydrogen) atoms. The Morgan fingerprint density at radius 1 is 1.33 bits per heavy atom. The van der Waals surface area contributed by atoms with Crippen molar-refractivity contribution in [3.05, 3.63) is 29.8 Å². The van der Waals surface area contributed by atoms with E-state index in [9.17, 15) is 8.42 Å². The smallest absolute Gasteiger partial charge is 0.239 e. The van der Waals surface area contributed by atoms with Gasteiger partial charge in [-0.15, -0.1) is 0 Å². The van der Waals surface area contributed by atoms with Gasteiger partial charge in [0.25, 0.3) is 0 Å². The van der Waals surface area contributed by atoms with Crippen LogP contribution in [0, 0.1) is 0 Å². The third-order valence-electron chi connectivity index (χ3n) is 3.49. The molecular formula is C13H20N2O2S. The molecule has 0 aliphatic carbocycles. The fourth-order valence-corrected chi connectivity index (χ4v) is 4.04. The normalized spacial score (nSPS) is 22.7. The van der Waals surface area contributed by atoms with Gasteiger partial charge in [-0.3, -0.25) is 4.31 Å². The highest BCUT2D eigenvalue weighted by atomic mass is 32.2. The number of benzene rings is 1. The van der Waals surface area contributed by atoms with E-state index >= 15 is 0 Å². The maximum atomic E-state index is 12.2. The monoisotopic (exact) mass is 268 g/mol. The Morgan fingerprint density at radius 3 is 2.39 bits per heavy atom. The molecule has 4 nitrogen and oxygen atoms in total. The van der Waals surface area contributed by atoms with Crippen LogP contribution in [0.1, 0.15) is 31.7 Å². The van der Waals surface area contributed by atoms with E-state index in [1.54, 1.807) is 0 Å². The van der Waals surface area contributed by atoms with Crippen LogP contribution in [0.5, 0.6) is 0 Å². The van der Waals surface area contributed by atoms with Gasteiger partial charge in [-0.25, -0.2) is 8.42 Å². The summed E-state index contributed by atoms with van der Waals surface area (Å²) in [6.07, 6.45) is 0.616. The number of anilines is 1. The van der Waals surface area contributed by atoms with E-state index in [2.05, 4.69) is 13.8 Å². The summed E-state index contributed by atoms with van der Waals surface area (Å²) in [5, 5.41) is -0.428. The Balaban J connectivity index is 2.28. The van der Waals surface area contributed by atoms with Crippen molar-refractivity contribution in [1.82, 2.24) is 0 Å². The van der Waals surface area contributed by atoms with E-state index in [0.717, 1.165) is 5.69 Å². The van der Waals surface area contributed by atoms with Crippen LogP contribution in [0.15, 0.2) is 24.3 Å². The lowest BCUT2D eigenvalue weighted by Crippen LogP contribution is -2.33. The molecule has 2 N–H and O–H groups in total. The van der Waals surface area contributed by atoms with Crippen molar-refractivity contribution in [3.8, 4) is 0 Å². The fraction of sp³-hybridized carbons (Fsp3) is 0.538. The Labute approximate surface area is 109 Å². The number of hydrogen-bond donors (Lipinski definition) is 1. The third-order valence-corrected chi connectivity index (χ3v) is 5.77. The van der Waals surface area contributed by atoms with Crippen LogP contribution in [0.25, 0.3) is 0 Å². The molecule has 0 unspecified atom stereocenters. The summed E-state index contributed by atoms with van der Waals surface area (Å²) in [5.74, 6) is 0.450. The van der Waals surface area contributed by atoms with Gasteiger partial charge in [-0.1, -0.05) is 26.0 Å². The molecule has 0 aromatic heterocycles. The van der Waals surface area contributed by atoms with Crippen LogP contribution < -0.4 is 10.0 Å². The van der Waals surface area contributed by atoms with Crippen molar-refractivity contribution in [2.75, 3.05) is 17.4 Å². The van der Waals surface area contributed by atoms with Crippen molar-refractivity contribution >= 4 is 15.7 Å². The quantitative estimate of drug-likeness (QED) is 0.907. The molecule has 0 saturated carbocycles. The Hall–Kier alpha value is -1.07. The SMILES string of the molecule is CC(C)c1ccc(N2CC[C@H](CN)S2(=O)=O)cc1. The second-order valence-electron chi connectivity index (χ2n) is 5.01. The first kappa shape index (κ1) is 13.4. The van der Waals surface area contributed by atoms with E-state index in [1.165, 1.54) is 9.87 Å². The molecule has 1 aliphatic rings. The largest absolute Gasteiger partial charge is 0.329 e. The molecule has 1 atom stereocenters. The lowest BCUT2D eigenvalue weighted by Gasteiger charge is -2.19. The first-order chi connectivity index (χ1) is 8.46. The molecule has 1 aliphatic heterocycles. The highest BCUT2D eigenvalue weighted by molar-refractivity contribution is 7.93. The number of sulfonamides is 1. The first-order valence-corrected chi connectivity index (χ1v) is 7.78. The molecule has 1 aromatic carbocycles. The minimum Gasteiger partial charge on any atom is -0.329 e. The van der Waals surface area contributed by atoms with E-state index in [0.29, 0.717) is 18.9 Å². The van der Waals surface area contributed by atoms with Gasteiger partial charge < -0.3 is 5.73 Å². The zero-order valence-electron chi connectivity index (χ0n) is 10.8. The summed E-state index contributed by atoms with van der Waals surface area (Å²) < 4.78 is 25.9. The minimum absolute atomic E-state index is 0.197. The van der Waals surface area contributed by atoms with Crippen LogP contribution in [-0.2, 0) is 10.0 Å². The van der Waals surface area contributed by atoms with Gasteiger partial charge in [0.1, 0.15) is 0 Å². The van der Waals surface area contributed by atoms with Gasteiger partial charge in [0.2, 0.25) is 10.0 Å². The second kappa shape index (κ2) is 4.90. The second-order valence-corrected chi connectivity index (χ2v) is 7.15. The minimum atomic E-state index is -3.26. The fourth-order valence-electron chi connectivity index (χ4n) is 2.26.